The molecule has 0 amide bonds. The van der Waals surface area contributed by atoms with Crippen LogP contribution in [0.5, 0.6) is 0 Å². The highest BCUT2D eigenvalue weighted by atomic mass is 16.7. The van der Waals surface area contributed by atoms with E-state index in [0.29, 0.717) is 6.42 Å². The summed E-state index contributed by atoms with van der Waals surface area (Å²) in [5, 5.41) is 38.6. The summed E-state index contributed by atoms with van der Waals surface area (Å²) in [7, 11) is 0. The van der Waals surface area contributed by atoms with Crippen molar-refractivity contribution in [2.24, 2.45) is 0 Å². The Morgan fingerprint density at radius 2 is 1.29 bits per heavy atom. The number of hydrogen-bond acceptors (Lipinski definition) is 12. The summed E-state index contributed by atoms with van der Waals surface area (Å²) in [5.74, 6) is -2.02. The highest BCUT2D eigenvalue weighted by molar-refractivity contribution is 5.71. The van der Waals surface area contributed by atoms with Crippen LogP contribution in [0.3, 0.4) is 0 Å². The first-order valence-corrected chi connectivity index (χ1v) is 15.1. The SMILES string of the molecule is CCCCCCCCCCCCCC(=O)O[C@@H]1[C@H](OC(=O)CC)[C@H](OC[C@@H](O)[C@@H](O)CO)O[C@H](CO)[C@H]1OC(C)=O. The first kappa shape index (κ1) is 37.2. The Kier molecular flexibility index (Phi) is 19.8. The minimum Gasteiger partial charge on any atom is -0.456 e. The molecule has 1 saturated heterocycles. The van der Waals surface area contributed by atoms with Gasteiger partial charge in [0.2, 0.25) is 0 Å². The highest BCUT2D eigenvalue weighted by Crippen LogP contribution is 2.30. The minimum absolute atomic E-state index is 0.0316. The molecule has 0 aromatic carbocycles. The lowest BCUT2D eigenvalue weighted by Gasteiger charge is -2.44. The molecular weight excluding hydrogens is 540 g/mol. The van der Waals surface area contributed by atoms with Crippen LogP contribution in [-0.2, 0) is 38.1 Å². The third kappa shape index (κ3) is 14.8. The molecule has 0 aromatic rings. The first-order chi connectivity index (χ1) is 19.7. The van der Waals surface area contributed by atoms with E-state index in [2.05, 4.69) is 6.92 Å². The Hall–Kier alpha value is -1.83. The summed E-state index contributed by atoms with van der Waals surface area (Å²) < 4.78 is 27.7. The van der Waals surface area contributed by atoms with Crippen LogP contribution in [0.2, 0.25) is 0 Å². The number of carbonyl (C=O) groups is 3. The van der Waals surface area contributed by atoms with E-state index in [0.717, 1.165) is 26.2 Å². The van der Waals surface area contributed by atoms with Gasteiger partial charge in [-0.2, -0.15) is 0 Å². The second-order valence-electron chi connectivity index (χ2n) is 10.5. The zero-order valence-electron chi connectivity index (χ0n) is 24.9. The number of rotatable bonds is 22. The second-order valence-corrected chi connectivity index (χ2v) is 10.5. The smallest absolute Gasteiger partial charge is 0.306 e. The van der Waals surface area contributed by atoms with Crippen LogP contribution in [0.15, 0.2) is 0 Å². The zero-order chi connectivity index (χ0) is 30.6. The van der Waals surface area contributed by atoms with Crippen LogP contribution < -0.4 is 0 Å². The molecule has 12 heteroatoms. The van der Waals surface area contributed by atoms with Crippen molar-refractivity contribution in [1.82, 2.24) is 0 Å². The summed E-state index contributed by atoms with van der Waals surface area (Å²) in [6.07, 6.45) is 2.58. The van der Waals surface area contributed by atoms with Crippen molar-refractivity contribution in [3.05, 3.63) is 0 Å². The number of hydrogen-bond donors (Lipinski definition) is 4. The molecule has 240 valence electrons. The maximum absolute atomic E-state index is 12.9. The summed E-state index contributed by atoms with van der Waals surface area (Å²) in [4.78, 5) is 37.0. The molecule has 0 spiro atoms. The molecule has 1 rings (SSSR count). The van der Waals surface area contributed by atoms with E-state index in [1.54, 1.807) is 6.92 Å². The van der Waals surface area contributed by atoms with E-state index >= 15 is 0 Å². The van der Waals surface area contributed by atoms with E-state index in [4.69, 9.17) is 28.8 Å². The van der Waals surface area contributed by atoms with Crippen molar-refractivity contribution in [2.75, 3.05) is 19.8 Å². The van der Waals surface area contributed by atoms with E-state index in [1.807, 2.05) is 0 Å². The maximum atomic E-state index is 12.9. The molecule has 7 atom stereocenters. The van der Waals surface area contributed by atoms with Crippen molar-refractivity contribution in [3.8, 4) is 0 Å². The van der Waals surface area contributed by atoms with E-state index in [1.165, 1.54) is 44.9 Å². The molecule has 1 fully saturated rings. The minimum atomic E-state index is -1.51. The number of aliphatic hydroxyl groups is 4. The topological polar surface area (TPSA) is 178 Å². The number of aliphatic hydroxyl groups excluding tert-OH is 4. The second kappa shape index (κ2) is 21.8. The Balaban J connectivity index is 2.82. The number of unbranched alkanes of at least 4 members (excludes halogenated alkanes) is 10. The quantitative estimate of drug-likeness (QED) is 0.0820. The maximum Gasteiger partial charge on any atom is 0.306 e. The molecule has 1 aliphatic heterocycles. The van der Waals surface area contributed by atoms with Crippen molar-refractivity contribution in [3.63, 3.8) is 0 Å². The Morgan fingerprint density at radius 1 is 0.732 bits per heavy atom. The van der Waals surface area contributed by atoms with Crippen LogP contribution >= 0.6 is 0 Å². The molecule has 41 heavy (non-hydrogen) atoms. The van der Waals surface area contributed by atoms with Gasteiger partial charge < -0.3 is 44.1 Å². The molecule has 1 aliphatic rings. The fraction of sp³-hybridized carbons (Fsp3) is 0.897. The Bertz CT molecular complexity index is 733. The molecule has 12 nitrogen and oxygen atoms in total. The van der Waals surface area contributed by atoms with Gasteiger partial charge in [0.15, 0.2) is 24.6 Å². The van der Waals surface area contributed by atoms with Gasteiger partial charge in [-0.15, -0.1) is 0 Å². The van der Waals surface area contributed by atoms with Gasteiger partial charge in [-0.05, 0) is 6.42 Å². The molecule has 4 N–H and O–H groups in total. The van der Waals surface area contributed by atoms with Gasteiger partial charge in [0.1, 0.15) is 18.3 Å². The standard InChI is InChI=1S/C29H52O12/c1-4-6-7-8-9-10-11-12-13-14-15-16-25(36)41-27-26(38-20(3)32)23(18-31)39-29(28(27)40-24(35)5-2)37-19-22(34)21(33)17-30/h21-23,26-31,33-34H,4-19H2,1-3H3/t21-,22+,23+,26+,27-,28-,29+/m0/s1. The van der Waals surface area contributed by atoms with Crippen molar-refractivity contribution >= 4 is 17.9 Å². The van der Waals surface area contributed by atoms with Crippen LogP contribution in [0.4, 0.5) is 0 Å². The lowest BCUT2D eigenvalue weighted by Crippen LogP contribution is -2.63. The number of ether oxygens (including phenoxy) is 5. The first-order valence-electron chi connectivity index (χ1n) is 15.1. The fourth-order valence-corrected chi connectivity index (χ4v) is 4.56. The third-order valence-electron chi connectivity index (χ3n) is 6.94. The van der Waals surface area contributed by atoms with E-state index in [9.17, 15) is 29.7 Å². The van der Waals surface area contributed by atoms with Crippen molar-refractivity contribution in [1.29, 1.82) is 0 Å². The fourth-order valence-electron chi connectivity index (χ4n) is 4.56. The number of esters is 3. The average molecular weight is 593 g/mol. The van der Waals surface area contributed by atoms with Gasteiger partial charge in [-0.3, -0.25) is 14.4 Å². The van der Waals surface area contributed by atoms with Gasteiger partial charge >= 0.3 is 17.9 Å². The highest BCUT2D eigenvalue weighted by Gasteiger charge is 2.52. The van der Waals surface area contributed by atoms with E-state index < -0.39 is 80.6 Å². The van der Waals surface area contributed by atoms with Crippen LogP contribution in [0.1, 0.15) is 104 Å². The predicted molar refractivity (Wildman–Crippen MR) is 147 cm³/mol. The largest absolute Gasteiger partial charge is 0.456 e. The summed E-state index contributed by atoms with van der Waals surface area (Å²) in [5.41, 5.74) is 0. The van der Waals surface area contributed by atoms with Crippen LogP contribution in [-0.4, -0.2) is 101 Å². The monoisotopic (exact) mass is 592 g/mol. The summed E-state index contributed by atoms with van der Waals surface area (Å²) in [6.45, 7) is 2.98. The molecule has 0 bridgehead atoms. The van der Waals surface area contributed by atoms with E-state index in [-0.39, 0.29) is 12.8 Å². The zero-order valence-corrected chi connectivity index (χ0v) is 24.9. The molecule has 0 aromatic heterocycles. The van der Waals surface area contributed by atoms with Gasteiger partial charge in [-0.1, -0.05) is 78.1 Å². The molecule has 0 aliphatic carbocycles. The molecule has 0 saturated carbocycles. The van der Waals surface area contributed by atoms with Crippen LogP contribution in [0, 0.1) is 0 Å². The number of carbonyl (C=O) groups excluding carboxylic acids is 3. The predicted octanol–water partition coefficient (Wildman–Crippen LogP) is 2.30. The van der Waals surface area contributed by atoms with Crippen molar-refractivity contribution in [2.45, 2.75) is 147 Å². The lowest BCUT2D eigenvalue weighted by atomic mass is 9.98. The van der Waals surface area contributed by atoms with Crippen molar-refractivity contribution < 1.29 is 58.5 Å². The van der Waals surface area contributed by atoms with Gasteiger partial charge in [0.05, 0.1) is 19.8 Å². The average Bonchev–Trinajstić information content (AvgIpc) is 2.95. The summed E-state index contributed by atoms with van der Waals surface area (Å²) >= 11 is 0. The Morgan fingerprint density at radius 3 is 1.80 bits per heavy atom. The van der Waals surface area contributed by atoms with Crippen LogP contribution in [0.25, 0.3) is 0 Å². The van der Waals surface area contributed by atoms with Gasteiger partial charge in [0, 0.05) is 19.8 Å². The Labute approximate surface area is 243 Å². The third-order valence-corrected chi connectivity index (χ3v) is 6.94. The molecular formula is C29H52O12. The lowest BCUT2D eigenvalue weighted by molar-refractivity contribution is -0.312. The summed E-state index contributed by atoms with van der Waals surface area (Å²) in [6, 6.07) is 0. The normalized spacial score (nSPS) is 23.9. The van der Waals surface area contributed by atoms with Gasteiger partial charge in [-0.25, -0.2) is 0 Å². The molecule has 0 unspecified atom stereocenters. The molecule has 0 radical (unpaired) electrons. The molecule has 1 heterocycles. The van der Waals surface area contributed by atoms with Gasteiger partial charge in [0.25, 0.3) is 0 Å².